The minimum atomic E-state index is -0.587. The summed E-state index contributed by atoms with van der Waals surface area (Å²) in [5.74, 6) is -0.0286. The molecule has 0 aliphatic rings. The van der Waals surface area contributed by atoms with Crippen LogP contribution in [0.25, 0.3) is 0 Å². The fourth-order valence-corrected chi connectivity index (χ4v) is 1.82. The monoisotopic (exact) mass is 311 g/mol. The lowest BCUT2D eigenvalue weighted by molar-refractivity contribution is 0.387. The molecule has 2 aromatic rings. The lowest BCUT2D eigenvalue weighted by atomic mass is 10.0. The third kappa shape index (κ3) is 2.49. The standard InChI is InChI=1S/C12H11BrFN3O/c1-18-12-11(16-4-5-17-12)10(15)7-2-3-8(13)9(14)6-7/h2-6,10H,15H2,1H3. The van der Waals surface area contributed by atoms with Gasteiger partial charge in [0.25, 0.3) is 0 Å². The maximum absolute atomic E-state index is 13.5. The summed E-state index contributed by atoms with van der Waals surface area (Å²) in [6, 6.07) is 4.11. The Morgan fingerprint density at radius 1 is 1.33 bits per heavy atom. The maximum atomic E-state index is 13.5. The van der Waals surface area contributed by atoms with Gasteiger partial charge in [0.2, 0.25) is 5.88 Å². The molecule has 0 fully saturated rings. The Morgan fingerprint density at radius 2 is 2.06 bits per heavy atom. The largest absolute Gasteiger partial charge is 0.480 e. The molecule has 0 saturated carbocycles. The van der Waals surface area contributed by atoms with Gasteiger partial charge in [-0.1, -0.05) is 6.07 Å². The van der Waals surface area contributed by atoms with Gasteiger partial charge in [-0.3, -0.25) is 4.98 Å². The van der Waals surface area contributed by atoms with Crippen molar-refractivity contribution in [3.05, 3.63) is 52.1 Å². The van der Waals surface area contributed by atoms with E-state index in [0.29, 0.717) is 21.6 Å². The van der Waals surface area contributed by atoms with Crippen molar-refractivity contribution in [3.8, 4) is 5.88 Å². The molecule has 94 valence electrons. The smallest absolute Gasteiger partial charge is 0.237 e. The van der Waals surface area contributed by atoms with E-state index in [9.17, 15) is 4.39 Å². The van der Waals surface area contributed by atoms with Crippen LogP contribution in [0.2, 0.25) is 0 Å². The second-order valence-electron chi connectivity index (χ2n) is 3.60. The van der Waals surface area contributed by atoms with Crippen LogP contribution in [-0.2, 0) is 0 Å². The molecule has 0 bridgehead atoms. The van der Waals surface area contributed by atoms with Gasteiger partial charge in [0, 0.05) is 12.4 Å². The van der Waals surface area contributed by atoms with Crippen LogP contribution in [0.3, 0.4) is 0 Å². The number of rotatable bonds is 3. The molecule has 1 unspecified atom stereocenters. The first-order valence-electron chi connectivity index (χ1n) is 5.19. The highest BCUT2D eigenvalue weighted by molar-refractivity contribution is 9.10. The summed E-state index contributed by atoms with van der Waals surface area (Å²) in [4.78, 5) is 8.15. The summed E-state index contributed by atoms with van der Waals surface area (Å²) in [5, 5.41) is 0. The van der Waals surface area contributed by atoms with Crippen molar-refractivity contribution in [3.63, 3.8) is 0 Å². The molecule has 2 rings (SSSR count). The van der Waals surface area contributed by atoms with Gasteiger partial charge in [-0.15, -0.1) is 0 Å². The zero-order chi connectivity index (χ0) is 13.1. The highest BCUT2D eigenvalue weighted by atomic mass is 79.9. The first kappa shape index (κ1) is 12.9. The minimum absolute atomic E-state index is 0.341. The van der Waals surface area contributed by atoms with Gasteiger partial charge in [0.15, 0.2) is 0 Å². The summed E-state index contributed by atoms with van der Waals surface area (Å²) < 4.78 is 18.9. The molecule has 18 heavy (non-hydrogen) atoms. The van der Waals surface area contributed by atoms with Crippen molar-refractivity contribution in [2.45, 2.75) is 6.04 Å². The molecular formula is C12H11BrFN3O. The number of aromatic nitrogens is 2. The highest BCUT2D eigenvalue weighted by Gasteiger charge is 2.17. The zero-order valence-electron chi connectivity index (χ0n) is 9.60. The molecule has 0 spiro atoms. The van der Waals surface area contributed by atoms with E-state index in [4.69, 9.17) is 10.5 Å². The van der Waals surface area contributed by atoms with Crippen molar-refractivity contribution in [2.75, 3.05) is 7.11 Å². The predicted molar refractivity (Wildman–Crippen MR) is 68.7 cm³/mol. The van der Waals surface area contributed by atoms with E-state index in [2.05, 4.69) is 25.9 Å². The number of halogens is 2. The van der Waals surface area contributed by atoms with Gasteiger partial charge >= 0.3 is 0 Å². The lowest BCUT2D eigenvalue weighted by Crippen LogP contribution is -2.15. The molecule has 0 radical (unpaired) electrons. The van der Waals surface area contributed by atoms with Crippen LogP contribution in [-0.4, -0.2) is 17.1 Å². The Morgan fingerprint density at radius 3 is 2.72 bits per heavy atom. The second kappa shape index (κ2) is 5.41. The third-order valence-corrected chi connectivity index (χ3v) is 3.13. The molecule has 0 aliphatic heterocycles. The normalized spacial score (nSPS) is 12.2. The summed E-state index contributed by atoms with van der Waals surface area (Å²) in [6.07, 6.45) is 3.03. The highest BCUT2D eigenvalue weighted by Crippen LogP contribution is 2.26. The van der Waals surface area contributed by atoms with Crippen molar-refractivity contribution in [1.82, 2.24) is 9.97 Å². The Labute approximate surface area is 112 Å². The number of methoxy groups -OCH3 is 1. The molecule has 0 aliphatic carbocycles. The molecule has 0 saturated heterocycles. The maximum Gasteiger partial charge on any atom is 0.237 e. The second-order valence-corrected chi connectivity index (χ2v) is 4.46. The van der Waals surface area contributed by atoms with Crippen molar-refractivity contribution in [2.24, 2.45) is 5.73 Å². The Balaban J connectivity index is 2.41. The van der Waals surface area contributed by atoms with Gasteiger partial charge in [-0.25, -0.2) is 9.37 Å². The van der Waals surface area contributed by atoms with E-state index >= 15 is 0 Å². The lowest BCUT2D eigenvalue weighted by Gasteiger charge is -2.14. The predicted octanol–water partition coefficient (Wildman–Crippen LogP) is 2.43. The SMILES string of the molecule is COc1nccnc1C(N)c1ccc(Br)c(F)c1. The molecule has 1 aromatic carbocycles. The van der Waals surface area contributed by atoms with E-state index in [1.54, 1.807) is 12.1 Å². The number of hydrogen-bond acceptors (Lipinski definition) is 4. The van der Waals surface area contributed by atoms with E-state index in [0.717, 1.165) is 0 Å². The quantitative estimate of drug-likeness (QED) is 0.945. The molecule has 6 heteroatoms. The summed E-state index contributed by atoms with van der Waals surface area (Å²) in [6.45, 7) is 0. The van der Waals surface area contributed by atoms with Crippen molar-refractivity contribution in [1.29, 1.82) is 0 Å². The first-order valence-corrected chi connectivity index (χ1v) is 5.98. The molecule has 2 N–H and O–H groups in total. The van der Waals surface area contributed by atoms with Crippen LogP contribution < -0.4 is 10.5 Å². The number of hydrogen-bond donors (Lipinski definition) is 1. The number of nitrogens with zero attached hydrogens (tertiary/aromatic N) is 2. The number of ether oxygens (including phenoxy) is 1. The van der Waals surface area contributed by atoms with Crippen LogP contribution in [0, 0.1) is 5.82 Å². The Kier molecular flexibility index (Phi) is 3.88. The average molecular weight is 312 g/mol. The summed E-state index contributed by atoms with van der Waals surface area (Å²) in [5.41, 5.74) is 7.13. The number of nitrogens with two attached hydrogens (primary N) is 1. The van der Waals surface area contributed by atoms with Gasteiger partial charge in [0.1, 0.15) is 11.5 Å². The summed E-state index contributed by atoms with van der Waals surface area (Å²) in [7, 11) is 1.49. The fourth-order valence-electron chi connectivity index (χ4n) is 1.57. The fraction of sp³-hybridized carbons (Fsp3) is 0.167. The Hall–Kier alpha value is -1.53. The molecule has 0 amide bonds. The van der Waals surface area contributed by atoms with Crippen LogP contribution in [0.4, 0.5) is 4.39 Å². The number of benzene rings is 1. The minimum Gasteiger partial charge on any atom is -0.480 e. The Bertz CT molecular complexity index is 565. The molecule has 1 heterocycles. The van der Waals surface area contributed by atoms with Crippen molar-refractivity contribution >= 4 is 15.9 Å². The average Bonchev–Trinajstić information content (AvgIpc) is 2.41. The first-order chi connectivity index (χ1) is 8.63. The topological polar surface area (TPSA) is 61.0 Å². The van der Waals surface area contributed by atoms with E-state index in [1.807, 2.05) is 0 Å². The molecule has 4 nitrogen and oxygen atoms in total. The molecule has 1 aromatic heterocycles. The zero-order valence-corrected chi connectivity index (χ0v) is 11.2. The molecular weight excluding hydrogens is 301 g/mol. The van der Waals surface area contributed by atoms with Gasteiger partial charge in [-0.05, 0) is 33.6 Å². The van der Waals surface area contributed by atoms with Gasteiger partial charge < -0.3 is 10.5 Å². The van der Waals surface area contributed by atoms with Gasteiger partial charge in [-0.2, -0.15) is 0 Å². The van der Waals surface area contributed by atoms with E-state index in [-0.39, 0.29) is 5.82 Å². The van der Waals surface area contributed by atoms with Crippen molar-refractivity contribution < 1.29 is 9.13 Å². The van der Waals surface area contributed by atoms with E-state index in [1.165, 1.54) is 25.6 Å². The third-order valence-electron chi connectivity index (χ3n) is 2.48. The summed E-state index contributed by atoms with van der Waals surface area (Å²) >= 11 is 3.09. The van der Waals surface area contributed by atoms with E-state index < -0.39 is 6.04 Å². The van der Waals surface area contributed by atoms with Gasteiger partial charge in [0.05, 0.1) is 17.6 Å². The van der Waals surface area contributed by atoms with Crippen LogP contribution in [0.5, 0.6) is 5.88 Å². The van der Waals surface area contributed by atoms with Crippen LogP contribution in [0.15, 0.2) is 35.1 Å². The molecule has 1 atom stereocenters. The van der Waals surface area contributed by atoms with Crippen LogP contribution in [0.1, 0.15) is 17.3 Å². The van der Waals surface area contributed by atoms with Crippen LogP contribution >= 0.6 is 15.9 Å².